The Morgan fingerprint density at radius 2 is 1.87 bits per heavy atom. The van der Waals surface area contributed by atoms with E-state index in [1.165, 1.54) is 29.4 Å². The van der Waals surface area contributed by atoms with Crippen molar-refractivity contribution in [3.63, 3.8) is 0 Å². The van der Waals surface area contributed by atoms with Gasteiger partial charge in [-0.15, -0.1) is 0 Å². The number of carbonyl (C=O) groups excluding carboxylic acids is 4. The fourth-order valence-corrected chi connectivity index (χ4v) is 8.93. The van der Waals surface area contributed by atoms with Crippen LogP contribution in [-0.2, 0) is 24.4 Å². The number of nitrogens with zero attached hydrogens (tertiary/aromatic N) is 5. The first kappa shape index (κ1) is 38.7. The third-order valence-corrected chi connectivity index (χ3v) is 13.7. The van der Waals surface area contributed by atoms with E-state index < -0.39 is 73.9 Å². The molecule has 5 atom stereocenters. The van der Waals surface area contributed by atoms with Gasteiger partial charge in [-0.2, -0.15) is 0 Å². The minimum atomic E-state index is -4.02. The van der Waals surface area contributed by atoms with Crippen LogP contribution in [0.4, 0.5) is 4.39 Å². The Morgan fingerprint density at radius 1 is 1.09 bits per heavy atom. The summed E-state index contributed by atoms with van der Waals surface area (Å²) in [6, 6.07) is 0.256. The van der Waals surface area contributed by atoms with Crippen LogP contribution in [0, 0.1) is 25.6 Å². The van der Waals surface area contributed by atoms with E-state index in [2.05, 4.69) is 51.2 Å². The zero-order valence-electron chi connectivity index (χ0n) is 30.6. The molecule has 3 N–H and O–H groups in total. The zero-order chi connectivity index (χ0) is 39.3. The summed E-state index contributed by atoms with van der Waals surface area (Å²) >= 11 is 3.32. The molecule has 1 saturated heterocycles. The Hall–Kier alpha value is -4.58. The van der Waals surface area contributed by atoms with E-state index in [1.54, 1.807) is 20.8 Å². The lowest BCUT2D eigenvalue weighted by molar-refractivity contribution is -0.141. The number of nitrogens with one attached hydrogen (secondary N) is 3. The standard InChI is InChI=1S/C37H42BrFN8O7S/c1-20-17-41-28(18-40-20)31(48)43-26-10-8-6-4-5-7-9-22-16-37(22,35(51)46-55(52,53)36(3)11-12-36)45-32(49)29-15-24(19-47(29)34(26)50)54-33-21(2)42-30-25(38)13-23(39)14-27(30)44-33/h7,9,13-14,17-18,22,24,26,29H,4-6,8,10-12,15-16,19H2,1-3H3,(H,43,48)(H,45,49)(H,46,51). The number of aryl methyl sites for hydroxylation is 2. The van der Waals surface area contributed by atoms with Gasteiger partial charge in [-0.05, 0) is 81.3 Å². The number of halogens is 2. The van der Waals surface area contributed by atoms with E-state index in [9.17, 15) is 32.0 Å². The molecule has 3 aromatic rings. The maximum Gasteiger partial charge on any atom is 0.272 e. The number of hydrogen-bond acceptors (Lipinski definition) is 11. The highest BCUT2D eigenvalue weighted by molar-refractivity contribution is 9.10. The van der Waals surface area contributed by atoms with Crippen LogP contribution >= 0.6 is 15.9 Å². The van der Waals surface area contributed by atoms with E-state index in [4.69, 9.17) is 4.74 Å². The van der Waals surface area contributed by atoms with Crippen molar-refractivity contribution in [3.8, 4) is 5.88 Å². The number of benzene rings is 1. The van der Waals surface area contributed by atoms with E-state index in [-0.39, 0.29) is 42.9 Å². The molecule has 2 saturated carbocycles. The first-order chi connectivity index (χ1) is 26.1. The lowest BCUT2D eigenvalue weighted by Gasteiger charge is -2.30. The molecule has 4 amide bonds. The average molecular weight is 842 g/mol. The molecule has 15 nitrogen and oxygen atoms in total. The number of hydrogen-bond donors (Lipinski definition) is 3. The van der Waals surface area contributed by atoms with Crippen LogP contribution in [-0.4, -0.2) is 91.9 Å². The first-order valence-corrected chi connectivity index (χ1v) is 20.6. The number of ether oxygens (including phenoxy) is 1. The minimum Gasteiger partial charge on any atom is -0.471 e. The van der Waals surface area contributed by atoms with Crippen molar-refractivity contribution in [2.75, 3.05) is 6.54 Å². The van der Waals surface area contributed by atoms with Crippen LogP contribution in [0.5, 0.6) is 5.88 Å². The molecule has 0 spiro atoms. The van der Waals surface area contributed by atoms with Crippen molar-refractivity contribution in [1.29, 1.82) is 0 Å². The Balaban J connectivity index is 1.20. The molecular weight excluding hydrogens is 799 g/mol. The molecule has 0 bridgehead atoms. The molecule has 7 rings (SSSR count). The van der Waals surface area contributed by atoms with Crippen molar-refractivity contribution in [3.05, 3.63) is 64.1 Å². The molecule has 2 aliphatic heterocycles. The van der Waals surface area contributed by atoms with Gasteiger partial charge in [0.15, 0.2) is 0 Å². The number of rotatable bonds is 7. The second kappa shape index (κ2) is 14.8. The largest absolute Gasteiger partial charge is 0.471 e. The lowest BCUT2D eigenvalue weighted by atomic mass is 10.0. The molecule has 3 fully saturated rings. The predicted octanol–water partition coefficient (Wildman–Crippen LogP) is 3.48. The normalized spacial score (nSPS) is 26.5. The predicted molar refractivity (Wildman–Crippen MR) is 200 cm³/mol. The van der Waals surface area contributed by atoms with Crippen molar-refractivity contribution in [2.45, 2.75) is 107 Å². The number of sulfonamides is 1. The molecule has 0 radical (unpaired) electrons. The molecule has 2 aliphatic carbocycles. The van der Waals surface area contributed by atoms with Crippen LogP contribution < -0.4 is 20.1 Å². The van der Waals surface area contributed by atoms with Gasteiger partial charge in [-0.25, -0.2) is 27.8 Å². The van der Waals surface area contributed by atoms with Crippen molar-refractivity contribution in [1.82, 2.24) is 40.2 Å². The molecule has 55 heavy (non-hydrogen) atoms. The summed E-state index contributed by atoms with van der Waals surface area (Å²) in [7, 11) is -4.02. The van der Waals surface area contributed by atoms with Gasteiger partial charge in [-0.1, -0.05) is 25.0 Å². The highest BCUT2D eigenvalue weighted by Gasteiger charge is 2.63. The maximum absolute atomic E-state index is 14.6. The van der Waals surface area contributed by atoms with Gasteiger partial charge in [-0.3, -0.25) is 28.9 Å². The van der Waals surface area contributed by atoms with Crippen LogP contribution in [0.25, 0.3) is 11.0 Å². The summed E-state index contributed by atoms with van der Waals surface area (Å²) in [5.41, 5.74) is 0.110. The highest BCUT2D eigenvalue weighted by atomic mass is 79.9. The minimum absolute atomic E-state index is 0.0209. The number of aromatic nitrogens is 4. The van der Waals surface area contributed by atoms with E-state index in [1.807, 2.05) is 12.2 Å². The Labute approximate surface area is 325 Å². The van der Waals surface area contributed by atoms with Gasteiger partial charge in [0.2, 0.25) is 27.7 Å². The van der Waals surface area contributed by atoms with Crippen molar-refractivity contribution >= 4 is 60.6 Å². The van der Waals surface area contributed by atoms with Crippen LogP contribution in [0.3, 0.4) is 0 Å². The van der Waals surface area contributed by atoms with Crippen molar-refractivity contribution < 1.29 is 36.7 Å². The SMILES string of the molecule is Cc1cnc(C(=O)NC2CCCCCC=CC3CC3(C(=O)NS(=O)(=O)C3(C)CC3)NC(=O)C3CC(Oc4nc5cc(F)cc(Br)c5nc4C)CN3C2=O)cn1. The summed E-state index contributed by atoms with van der Waals surface area (Å²) in [5, 5.41) is 5.65. The molecule has 1 aromatic carbocycles. The number of allylic oxidation sites excluding steroid dienone is 1. The molecule has 18 heteroatoms. The third-order valence-electron chi connectivity index (χ3n) is 10.9. The first-order valence-electron chi connectivity index (χ1n) is 18.3. The Kier molecular flexibility index (Phi) is 10.4. The van der Waals surface area contributed by atoms with Crippen LogP contribution in [0.1, 0.15) is 86.6 Å². The Bertz CT molecular complexity index is 2200. The van der Waals surface area contributed by atoms with E-state index in [0.29, 0.717) is 47.1 Å². The van der Waals surface area contributed by atoms with Crippen molar-refractivity contribution in [2.24, 2.45) is 5.92 Å². The average Bonchev–Trinajstić information content (AvgIpc) is 4.01. The molecule has 2 aromatic heterocycles. The van der Waals surface area contributed by atoms with Gasteiger partial charge in [0.05, 0.1) is 28.7 Å². The summed E-state index contributed by atoms with van der Waals surface area (Å²) < 4.78 is 48.4. The summed E-state index contributed by atoms with van der Waals surface area (Å²) in [4.78, 5) is 74.8. The number of fused-ring (bicyclic) bond motifs is 3. The molecule has 4 heterocycles. The number of amides is 4. The van der Waals surface area contributed by atoms with Gasteiger partial charge < -0.3 is 20.3 Å². The summed E-state index contributed by atoms with van der Waals surface area (Å²) in [6.45, 7) is 4.87. The topological polar surface area (TPSA) is 203 Å². The van der Waals surface area contributed by atoms with E-state index >= 15 is 0 Å². The zero-order valence-corrected chi connectivity index (χ0v) is 33.0. The quantitative estimate of drug-likeness (QED) is 0.294. The van der Waals surface area contributed by atoms with Crippen LogP contribution in [0.15, 0.2) is 41.2 Å². The van der Waals surface area contributed by atoms with Gasteiger partial charge in [0.25, 0.3) is 11.8 Å². The van der Waals surface area contributed by atoms with Gasteiger partial charge in [0.1, 0.15) is 46.4 Å². The summed E-state index contributed by atoms with van der Waals surface area (Å²) in [5.74, 6) is -3.60. The third kappa shape index (κ3) is 7.92. The second-order valence-electron chi connectivity index (χ2n) is 15.1. The Morgan fingerprint density at radius 3 is 2.60 bits per heavy atom. The fourth-order valence-electron chi connectivity index (χ4n) is 7.11. The molecule has 4 aliphatic rings. The summed E-state index contributed by atoms with van der Waals surface area (Å²) in [6.07, 6.45) is 9.68. The second-order valence-corrected chi connectivity index (χ2v) is 18.2. The lowest BCUT2D eigenvalue weighted by Crippen LogP contribution is -2.58. The van der Waals surface area contributed by atoms with Gasteiger partial charge in [0, 0.05) is 29.1 Å². The monoisotopic (exact) mass is 840 g/mol. The smallest absolute Gasteiger partial charge is 0.272 e. The van der Waals surface area contributed by atoms with Gasteiger partial charge >= 0.3 is 0 Å². The molecular formula is C37H42BrFN8O7S. The molecule has 292 valence electrons. The maximum atomic E-state index is 14.6. The number of carbonyl (C=O) groups is 4. The highest BCUT2D eigenvalue weighted by Crippen LogP contribution is 2.47. The molecule has 5 unspecified atom stereocenters. The van der Waals surface area contributed by atoms with E-state index in [0.717, 1.165) is 12.8 Å². The fraction of sp³-hybridized carbons (Fsp3) is 0.514. The van der Waals surface area contributed by atoms with Crippen LogP contribution in [0.2, 0.25) is 0 Å².